The molecule has 0 radical (unpaired) electrons. The first kappa shape index (κ1) is 12.8. The molecule has 0 aromatic rings. The van der Waals surface area contributed by atoms with Crippen LogP contribution >= 0.6 is 0 Å². The van der Waals surface area contributed by atoms with Crippen LogP contribution in [0.3, 0.4) is 0 Å². The predicted molar refractivity (Wildman–Crippen MR) is 62.8 cm³/mol. The first-order valence-corrected chi connectivity index (χ1v) is 6.37. The van der Waals surface area contributed by atoms with E-state index in [2.05, 4.69) is 11.9 Å². The van der Waals surface area contributed by atoms with E-state index in [1.165, 1.54) is 0 Å². The summed E-state index contributed by atoms with van der Waals surface area (Å²) in [5.41, 5.74) is 0. The second kappa shape index (κ2) is 5.33. The van der Waals surface area contributed by atoms with E-state index < -0.39 is 12.2 Å². The Hall–Kier alpha value is -0.650. The van der Waals surface area contributed by atoms with Gasteiger partial charge in [0.25, 0.3) is 0 Å². The van der Waals surface area contributed by atoms with Gasteiger partial charge in [0, 0.05) is 18.9 Å². The number of aliphatic hydroxyl groups excluding tert-OH is 3. The summed E-state index contributed by atoms with van der Waals surface area (Å²) in [5, 5.41) is 28.9. The third-order valence-corrected chi connectivity index (χ3v) is 3.66. The summed E-state index contributed by atoms with van der Waals surface area (Å²) in [7, 11) is 0. The summed E-state index contributed by atoms with van der Waals surface area (Å²) in [6.45, 7) is 1.97. The zero-order valence-corrected chi connectivity index (χ0v) is 10.1. The summed E-state index contributed by atoms with van der Waals surface area (Å²) in [4.78, 5) is 4.35. The lowest BCUT2D eigenvalue weighted by atomic mass is 9.80. The minimum Gasteiger partial charge on any atom is -0.475 e. The molecule has 5 heteroatoms. The van der Waals surface area contributed by atoms with Crippen LogP contribution in [0.15, 0.2) is 4.99 Å². The summed E-state index contributed by atoms with van der Waals surface area (Å²) in [6.07, 6.45) is 1.42. The van der Waals surface area contributed by atoms with E-state index >= 15 is 0 Å². The van der Waals surface area contributed by atoms with Gasteiger partial charge in [-0.25, -0.2) is 4.99 Å². The van der Waals surface area contributed by atoms with Gasteiger partial charge in [0.2, 0.25) is 0 Å². The second-order valence-corrected chi connectivity index (χ2v) is 4.93. The fourth-order valence-corrected chi connectivity index (χ4v) is 2.56. The quantitative estimate of drug-likeness (QED) is 0.653. The Morgan fingerprint density at radius 3 is 2.76 bits per heavy atom. The molecule has 0 saturated heterocycles. The highest BCUT2D eigenvalue weighted by Crippen LogP contribution is 2.33. The van der Waals surface area contributed by atoms with E-state index in [0.29, 0.717) is 12.3 Å². The molecule has 5 nitrogen and oxygen atoms in total. The molecule has 0 aromatic carbocycles. The Balaban J connectivity index is 2.01. The fourth-order valence-electron chi connectivity index (χ4n) is 2.56. The van der Waals surface area contributed by atoms with E-state index in [1.807, 2.05) is 0 Å². The number of aliphatic hydroxyl groups is 3. The van der Waals surface area contributed by atoms with Gasteiger partial charge in [-0.05, 0) is 12.8 Å². The lowest BCUT2D eigenvalue weighted by Gasteiger charge is -2.36. The molecule has 1 aliphatic carbocycles. The molecule has 5 atom stereocenters. The number of nitrogens with zero attached hydrogens (tertiary/aromatic N) is 1. The van der Waals surface area contributed by atoms with Crippen LogP contribution in [0, 0.1) is 5.92 Å². The summed E-state index contributed by atoms with van der Waals surface area (Å²) in [5.74, 6) is 0.374. The normalized spacial score (nSPS) is 40.7. The van der Waals surface area contributed by atoms with Crippen LogP contribution in [0.5, 0.6) is 0 Å². The van der Waals surface area contributed by atoms with Crippen LogP contribution in [0.4, 0.5) is 0 Å². The third kappa shape index (κ3) is 2.46. The molecule has 0 bridgehead atoms. The molecule has 3 N–H and O–H groups in total. The number of hydrogen-bond donors (Lipinski definition) is 3. The first-order chi connectivity index (χ1) is 8.17. The molecule has 2 rings (SSSR count). The Kier molecular flexibility index (Phi) is 4.01. The van der Waals surface area contributed by atoms with Crippen LogP contribution in [-0.2, 0) is 4.74 Å². The van der Waals surface area contributed by atoms with Crippen LogP contribution in [-0.4, -0.2) is 52.2 Å². The largest absolute Gasteiger partial charge is 0.475 e. The van der Waals surface area contributed by atoms with E-state index in [-0.39, 0.29) is 24.7 Å². The molecule has 0 amide bonds. The van der Waals surface area contributed by atoms with Crippen LogP contribution in [0.1, 0.15) is 32.6 Å². The maximum absolute atomic E-state index is 9.94. The highest BCUT2D eigenvalue weighted by molar-refractivity contribution is 5.78. The minimum absolute atomic E-state index is 0.130. The van der Waals surface area contributed by atoms with E-state index in [4.69, 9.17) is 9.84 Å². The van der Waals surface area contributed by atoms with Crippen molar-refractivity contribution in [2.24, 2.45) is 10.9 Å². The van der Waals surface area contributed by atoms with E-state index in [1.54, 1.807) is 0 Å². The van der Waals surface area contributed by atoms with Gasteiger partial charge in [-0.15, -0.1) is 0 Å². The highest BCUT2D eigenvalue weighted by atomic mass is 16.5. The monoisotopic (exact) mass is 243 g/mol. The molecule has 1 aliphatic heterocycles. The maximum Gasteiger partial charge on any atom is 0.184 e. The zero-order chi connectivity index (χ0) is 12.4. The van der Waals surface area contributed by atoms with Crippen LogP contribution in [0.2, 0.25) is 0 Å². The minimum atomic E-state index is -0.926. The SMILES string of the molecule is CCCCC1=N[C@H]2[C@@H](O)[C@H](O)[C@@H](CO)C[C@H]2O1. The van der Waals surface area contributed by atoms with Gasteiger partial charge in [0.05, 0.1) is 6.10 Å². The molecule has 0 aromatic heterocycles. The van der Waals surface area contributed by atoms with Crippen molar-refractivity contribution in [3.8, 4) is 0 Å². The molecule has 1 fully saturated rings. The lowest BCUT2D eigenvalue weighted by Crippen LogP contribution is -2.52. The molecule has 1 saturated carbocycles. The van der Waals surface area contributed by atoms with Gasteiger partial charge in [0.1, 0.15) is 18.2 Å². The lowest BCUT2D eigenvalue weighted by molar-refractivity contribution is -0.0947. The van der Waals surface area contributed by atoms with Gasteiger partial charge < -0.3 is 20.1 Å². The summed E-state index contributed by atoms with van der Waals surface area (Å²) < 4.78 is 5.69. The van der Waals surface area contributed by atoms with Crippen molar-refractivity contribution in [3.63, 3.8) is 0 Å². The van der Waals surface area contributed by atoms with Crippen molar-refractivity contribution in [2.75, 3.05) is 6.61 Å². The first-order valence-electron chi connectivity index (χ1n) is 6.37. The Bertz CT molecular complexity index is 294. The molecule has 0 spiro atoms. The van der Waals surface area contributed by atoms with E-state index in [0.717, 1.165) is 19.3 Å². The second-order valence-electron chi connectivity index (χ2n) is 4.93. The summed E-state index contributed by atoms with van der Waals surface area (Å²) >= 11 is 0. The number of unbranched alkanes of at least 4 members (excludes halogenated alkanes) is 1. The molecular weight excluding hydrogens is 222 g/mol. The number of aliphatic imine (C=N–C) groups is 1. The number of hydrogen-bond acceptors (Lipinski definition) is 5. The Morgan fingerprint density at radius 2 is 2.12 bits per heavy atom. The predicted octanol–water partition coefficient (Wildman–Crippen LogP) is 0.0765. The third-order valence-electron chi connectivity index (χ3n) is 3.66. The topological polar surface area (TPSA) is 82.3 Å². The maximum atomic E-state index is 9.94. The fraction of sp³-hybridized carbons (Fsp3) is 0.917. The van der Waals surface area contributed by atoms with Crippen molar-refractivity contribution in [2.45, 2.75) is 57.0 Å². The number of ether oxygens (including phenoxy) is 1. The molecular formula is C12H21NO4. The Labute approximate surface area is 101 Å². The highest BCUT2D eigenvalue weighted by Gasteiger charge is 2.47. The van der Waals surface area contributed by atoms with E-state index in [9.17, 15) is 10.2 Å². The van der Waals surface area contributed by atoms with Crippen LogP contribution < -0.4 is 0 Å². The van der Waals surface area contributed by atoms with Gasteiger partial charge in [-0.2, -0.15) is 0 Å². The van der Waals surface area contributed by atoms with Crippen LogP contribution in [0.25, 0.3) is 0 Å². The van der Waals surface area contributed by atoms with Crippen molar-refractivity contribution >= 4 is 5.90 Å². The average Bonchev–Trinajstić information content (AvgIpc) is 2.74. The zero-order valence-electron chi connectivity index (χ0n) is 10.1. The molecule has 1 heterocycles. The van der Waals surface area contributed by atoms with Gasteiger partial charge in [-0.3, -0.25) is 0 Å². The molecule has 0 unspecified atom stereocenters. The molecule has 17 heavy (non-hydrogen) atoms. The van der Waals surface area contributed by atoms with Gasteiger partial charge >= 0.3 is 0 Å². The number of rotatable bonds is 4. The number of fused-ring (bicyclic) bond motifs is 1. The van der Waals surface area contributed by atoms with Gasteiger partial charge in [0.15, 0.2) is 5.90 Å². The Morgan fingerprint density at radius 1 is 1.35 bits per heavy atom. The van der Waals surface area contributed by atoms with Crippen molar-refractivity contribution in [1.82, 2.24) is 0 Å². The van der Waals surface area contributed by atoms with Crippen molar-refractivity contribution in [1.29, 1.82) is 0 Å². The molecule has 2 aliphatic rings. The van der Waals surface area contributed by atoms with Crippen molar-refractivity contribution < 1.29 is 20.1 Å². The molecule has 98 valence electrons. The smallest absolute Gasteiger partial charge is 0.184 e. The van der Waals surface area contributed by atoms with Crippen molar-refractivity contribution in [3.05, 3.63) is 0 Å². The average molecular weight is 243 g/mol. The van der Waals surface area contributed by atoms with Gasteiger partial charge in [-0.1, -0.05) is 13.3 Å². The summed E-state index contributed by atoms with van der Waals surface area (Å²) in [6, 6.07) is -0.361. The standard InChI is InChI=1S/C12H21NO4/c1-2-3-4-9-13-10-8(17-9)5-7(6-14)11(15)12(10)16/h7-8,10-12,14-16H,2-6H2,1H3/t7-,8-,10-,11-,12-/m1/s1.